The molecule has 5 heteroatoms. The molecule has 1 aromatic carbocycles. The molecule has 2 aliphatic rings. The lowest BCUT2D eigenvalue weighted by Crippen LogP contribution is -2.18. The molecule has 1 N–H and O–H groups in total. The van der Waals surface area contributed by atoms with Gasteiger partial charge < -0.3 is 9.84 Å². The van der Waals surface area contributed by atoms with Gasteiger partial charge in [0.05, 0.1) is 6.04 Å². The fourth-order valence-electron chi connectivity index (χ4n) is 3.74. The summed E-state index contributed by atoms with van der Waals surface area (Å²) < 4.78 is 19.1. The van der Waals surface area contributed by atoms with Crippen molar-refractivity contribution in [1.29, 1.82) is 0 Å². The Balaban J connectivity index is 1.52. The summed E-state index contributed by atoms with van der Waals surface area (Å²) in [6.07, 6.45) is 4.19. The molecule has 2 fully saturated rings. The average Bonchev–Trinajstić information content (AvgIpc) is 3.17. The second-order valence-electron chi connectivity index (χ2n) is 6.06. The van der Waals surface area contributed by atoms with Crippen LogP contribution in [0.2, 0.25) is 0 Å². The Kier molecular flexibility index (Phi) is 3.22. The Morgan fingerprint density at radius 2 is 2.19 bits per heavy atom. The number of benzene rings is 1. The van der Waals surface area contributed by atoms with Gasteiger partial charge in [0, 0.05) is 6.42 Å². The molecule has 4 rings (SSSR count). The van der Waals surface area contributed by atoms with Crippen LogP contribution in [0.25, 0.3) is 0 Å². The highest BCUT2D eigenvalue weighted by molar-refractivity contribution is 5.21. The van der Waals surface area contributed by atoms with Crippen molar-refractivity contribution in [2.24, 2.45) is 11.8 Å². The van der Waals surface area contributed by atoms with Crippen LogP contribution in [0.15, 0.2) is 28.8 Å². The summed E-state index contributed by atoms with van der Waals surface area (Å²) in [5, 5.41) is 7.51. The van der Waals surface area contributed by atoms with Gasteiger partial charge in [0.2, 0.25) is 5.89 Å². The second-order valence-corrected chi connectivity index (χ2v) is 6.06. The van der Waals surface area contributed by atoms with E-state index in [9.17, 15) is 4.39 Å². The van der Waals surface area contributed by atoms with Crippen molar-refractivity contribution in [3.8, 4) is 0 Å². The number of nitrogens with zero attached hydrogens (tertiary/aromatic N) is 2. The van der Waals surface area contributed by atoms with Crippen LogP contribution in [-0.4, -0.2) is 16.7 Å². The Hall–Kier alpha value is -1.75. The molecular formula is C16H18FN3O. The van der Waals surface area contributed by atoms with Crippen molar-refractivity contribution in [3.63, 3.8) is 0 Å². The molecule has 3 atom stereocenters. The Morgan fingerprint density at radius 3 is 3.10 bits per heavy atom. The summed E-state index contributed by atoms with van der Waals surface area (Å²) in [6.45, 7) is 1.04. The molecule has 1 aliphatic heterocycles. The molecule has 1 saturated heterocycles. The maximum absolute atomic E-state index is 13.7. The van der Waals surface area contributed by atoms with Crippen molar-refractivity contribution in [3.05, 3.63) is 47.4 Å². The number of halogens is 1. The van der Waals surface area contributed by atoms with E-state index in [4.69, 9.17) is 4.52 Å². The van der Waals surface area contributed by atoms with Gasteiger partial charge in [0.25, 0.3) is 0 Å². The molecular weight excluding hydrogens is 269 g/mol. The van der Waals surface area contributed by atoms with Gasteiger partial charge in [-0.2, -0.15) is 4.98 Å². The Morgan fingerprint density at radius 1 is 1.29 bits per heavy atom. The normalized spacial score (nSPS) is 28.0. The predicted molar refractivity (Wildman–Crippen MR) is 75.1 cm³/mol. The van der Waals surface area contributed by atoms with Crippen molar-refractivity contribution in [2.75, 3.05) is 6.54 Å². The monoisotopic (exact) mass is 287 g/mol. The minimum Gasteiger partial charge on any atom is -0.338 e. The van der Waals surface area contributed by atoms with Crippen molar-refractivity contribution >= 4 is 0 Å². The van der Waals surface area contributed by atoms with Crippen LogP contribution in [0.3, 0.4) is 0 Å². The van der Waals surface area contributed by atoms with Crippen LogP contribution in [-0.2, 0) is 6.42 Å². The standard InChI is InChI=1S/C16H18FN3O/c17-13-7-2-1-4-10(13)8-14-19-16(21-20-14)15-12-6-3-5-11(12)9-18-15/h1-2,4,7,11-12,15,18H,3,5-6,8-9H2. The molecule has 0 spiro atoms. The molecule has 2 heterocycles. The van der Waals surface area contributed by atoms with Gasteiger partial charge in [-0.3, -0.25) is 0 Å². The summed E-state index contributed by atoms with van der Waals surface area (Å²) in [5.74, 6) is 2.36. The quantitative estimate of drug-likeness (QED) is 0.943. The molecule has 0 bridgehead atoms. The first-order valence-electron chi connectivity index (χ1n) is 7.60. The van der Waals surface area contributed by atoms with Gasteiger partial charge in [-0.15, -0.1) is 0 Å². The minimum atomic E-state index is -0.223. The Labute approximate surface area is 122 Å². The van der Waals surface area contributed by atoms with Crippen LogP contribution in [0.4, 0.5) is 4.39 Å². The third-order valence-electron chi connectivity index (χ3n) is 4.80. The highest BCUT2D eigenvalue weighted by Crippen LogP contribution is 2.43. The smallest absolute Gasteiger partial charge is 0.244 e. The number of nitrogens with one attached hydrogen (secondary N) is 1. The predicted octanol–water partition coefficient (Wildman–Crippen LogP) is 2.86. The van der Waals surface area contributed by atoms with E-state index < -0.39 is 0 Å². The summed E-state index contributed by atoms with van der Waals surface area (Å²) in [6, 6.07) is 6.90. The zero-order valence-corrected chi connectivity index (χ0v) is 11.8. The van der Waals surface area contributed by atoms with E-state index in [-0.39, 0.29) is 11.9 Å². The summed E-state index contributed by atoms with van der Waals surface area (Å²) >= 11 is 0. The fourth-order valence-corrected chi connectivity index (χ4v) is 3.74. The SMILES string of the molecule is Fc1ccccc1Cc1noc(C2NCC3CCCC32)n1. The number of fused-ring (bicyclic) bond motifs is 1. The fraction of sp³-hybridized carbons (Fsp3) is 0.500. The van der Waals surface area contributed by atoms with E-state index in [1.807, 2.05) is 6.07 Å². The van der Waals surface area contributed by atoms with Crippen LogP contribution in [0.1, 0.15) is 42.6 Å². The van der Waals surface area contributed by atoms with Gasteiger partial charge in [0.15, 0.2) is 5.82 Å². The third-order valence-corrected chi connectivity index (χ3v) is 4.80. The molecule has 2 aromatic rings. The lowest BCUT2D eigenvalue weighted by atomic mass is 9.94. The highest BCUT2D eigenvalue weighted by atomic mass is 19.1. The maximum atomic E-state index is 13.7. The first-order chi connectivity index (χ1) is 10.3. The first kappa shape index (κ1) is 13.0. The average molecular weight is 287 g/mol. The highest BCUT2D eigenvalue weighted by Gasteiger charge is 2.42. The number of rotatable bonds is 3. The molecule has 0 amide bonds. The van der Waals surface area contributed by atoms with Crippen molar-refractivity contribution in [1.82, 2.24) is 15.5 Å². The summed E-state index contributed by atoms with van der Waals surface area (Å²) in [4.78, 5) is 4.48. The topological polar surface area (TPSA) is 51.0 Å². The lowest BCUT2D eigenvalue weighted by Gasteiger charge is -2.13. The van der Waals surface area contributed by atoms with E-state index in [1.165, 1.54) is 25.3 Å². The van der Waals surface area contributed by atoms with Gasteiger partial charge in [-0.1, -0.05) is 29.8 Å². The van der Waals surface area contributed by atoms with E-state index in [1.54, 1.807) is 12.1 Å². The minimum absolute atomic E-state index is 0.180. The van der Waals surface area contributed by atoms with Gasteiger partial charge in [-0.25, -0.2) is 4.39 Å². The molecule has 1 saturated carbocycles. The molecule has 1 aliphatic carbocycles. The third kappa shape index (κ3) is 2.35. The summed E-state index contributed by atoms with van der Waals surface area (Å²) in [7, 11) is 0. The molecule has 110 valence electrons. The van der Waals surface area contributed by atoms with E-state index in [2.05, 4.69) is 15.5 Å². The van der Waals surface area contributed by atoms with E-state index in [0.29, 0.717) is 29.6 Å². The Bertz CT molecular complexity index is 642. The molecule has 1 aromatic heterocycles. The van der Waals surface area contributed by atoms with Gasteiger partial charge in [0.1, 0.15) is 5.82 Å². The largest absolute Gasteiger partial charge is 0.338 e. The lowest BCUT2D eigenvalue weighted by molar-refractivity contribution is 0.301. The zero-order chi connectivity index (χ0) is 14.2. The number of aromatic nitrogens is 2. The maximum Gasteiger partial charge on any atom is 0.244 e. The first-order valence-corrected chi connectivity index (χ1v) is 7.60. The molecule has 0 radical (unpaired) electrons. The molecule has 21 heavy (non-hydrogen) atoms. The van der Waals surface area contributed by atoms with E-state index in [0.717, 1.165) is 12.5 Å². The molecule has 3 unspecified atom stereocenters. The van der Waals surface area contributed by atoms with Crippen LogP contribution in [0, 0.1) is 17.7 Å². The molecule has 4 nitrogen and oxygen atoms in total. The van der Waals surface area contributed by atoms with E-state index >= 15 is 0 Å². The summed E-state index contributed by atoms with van der Waals surface area (Å²) in [5.41, 5.74) is 0.600. The van der Waals surface area contributed by atoms with Crippen molar-refractivity contribution in [2.45, 2.75) is 31.7 Å². The second kappa shape index (κ2) is 5.22. The number of hydrogen-bond donors (Lipinski definition) is 1. The van der Waals surface area contributed by atoms with Gasteiger partial charge in [-0.05, 0) is 42.9 Å². The van der Waals surface area contributed by atoms with Gasteiger partial charge >= 0.3 is 0 Å². The van der Waals surface area contributed by atoms with Crippen LogP contribution < -0.4 is 5.32 Å². The van der Waals surface area contributed by atoms with Crippen molar-refractivity contribution < 1.29 is 8.91 Å². The zero-order valence-electron chi connectivity index (χ0n) is 11.8. The van der Waals surface area contributed by atoms with Crippen LogP contribution in [0.5, 0.6) is 0 Å². The number of hydrogen-bond acceptors (Lipinski definition) is 4. The van der Waals surface area contributed by atoms with Crippen LogP contribution >= 0.6 is 0 Å².